The predicted octanol–water partition coefficient (Wildman–Crippen LogP) is -1.23. The average Bonchev–Trinajstić information content (AvgIpc) is 2.34. The molecule has 0 unspecified atom stereocenters. The van der Waals surface area contributed by atoms with Gasteiger partial charge in [-0.05, 0) is 17.7 Å². The minimum absolute atomic E-state index is 0.293. The van der Waals surface area contributed by atoms with E-state index in [9.17, 15) is 9.59 Å². The zero-order chi connectivity index (χ0) is 11.8. The Hall–Kier alpha value is -1.95. The van der Waals surface area contributed by atoms with Crippen LogP contribution in [0.3, 0.4) is 0 Å². The lowest BCUT2D eigenvalue weighted by molar-refractivity contribution is -0.139. The molecule has 6 heteroatoms. The molecule has 0 saturated heterocycles. The van der Waals surface area contributed by atoms with Crippen LogP contribution in [-0.4, -0.2) is 29.9 Å². The van der Waals surface area contributed by atoms with Crippen LogP contribution in [0.15, 0.2) is 24.5 Å². The minimum atomic E-state index is -0.667. The van der Waals surface area contributed by atoms with Crippen molar-refractivity contribution in [1.82, 2.24) is 15.6 Å². The third-order valence-corrected chi connectivity index (χ3v) is 1.84. The molecular formula is C10H14N4O2. The smallest absolute Gasteiger partial charge is 0.309 e. The van der Waals surface area contributed by atoms with Crippen molar-refractivity contribution in [3.8, 4) is 0 Å². The minimum Gasteiger partial charge on any atom is -0.347 e. The lowest BCUT2D eigenvalue weighted by Gasteiger charge is -2.05. The normalized spacial score (nSPS) is 9.56. The summed E-state index contributed by atoms with van der Waals surface area (Å²) in [6.07, 6.45) is 3.24. The zero-order valence-corrected chi connectivity index (χ0v) is 8.77. The molecule has 0 radical (unpaired) electrons. The summed E-state index contributed by atoms with van der Waals surface area (Å²) in [5, 5.41) is 4.87. The summed E-state index contributed by atoms with van der Waals surface area (Å²) in [4.78, 5) is 26.2. The summed E-state index contributed by atoms with van der Waals surface area (Å²) in [5.41, 5.74) is 6.07. The number of pyridine rings is 1. The summed E-state index contributed by atoms with van der Waals surface area (Å²) in [5.74, 6) is -1.33. The van der Waals surface area contributed by atoms with Crippen LogP contribution in [0.4, 0.5) is 0 Å². The molecule has 0 fully saturated rings. The Morgan fingerprint density at radius 2 is 1.81 bits per heavy atom. The molecule has 6 nitrogen and oxygen atoms in total. The van der Waals surface area contributed by atoms with Gasteiger partial charge in [0.2, 0.25) is 0 Å². The maximum atomic E-state index is 11.2. The van der Waals surface area contributed by atoms with Gasteiger partial charge in [-0.2, -0.15) is 0 Å². The Kier molecular flexibility index (Phi) is 4.94. The molecule has 0 aliphatic rings. The van der Waals surface area contributed by atoms with Gasteiger partial charge in [0, 0.05) is 32.0 Å². The predicted molar refractivity (Wildman–Crippen MR) is 58.1 cm³/mol. The van der Waals surface area contributed by atoms with E-state index in [4.69, 9.17) is 5.73 Å². The highest BCUT2D eigenvalue weighted by atomic mass is 16.2. The first-order valence-electron chi connectivity index (χ1n) is 4.89. The largest absolute Gasteiger partial charge is 0.347 e. The van der Waals surface area contributed by atoms with Crippen molar-refractivity contribution in [2.45, 2.75) is 6.54 Å². The number of carbonyl (C=O) groups excluding carboxylic acids is 2. The summed E-state index contributed by atoms with van der Waals surface area (Å²) in [6, 6.07) is 3.52. The summed E-state index contributed by atoms with van der Waals surface area (Å²) >= 11 is 0. The van der Waals surface area contributed by atoms with Crippen molar-refractivity contribution in [2.75, 3.05) is 13.1 Å². The van der Waals surface area contributed by atoms with Crippen LogP contribution in [0.25, 0.3) is 0 Å². The topological polar surface area (TPSA) is 97.1 Å². The molecule has 4 N–H and O–H groups in total. The van der Waals surface area contributed by atoms with E-state index in [0.717, 1.165) is 5.56 Å². The molecule has 1 aromatic heterocycles. The van der Waals surface area contributed by atoms with E-state index in [-0.39, 0.29) is 0 Å². The summed E-state index contributed by atoms with van der Waals surface area (Å²) in [7, 11) is 0. The van der Waals surface area contributed by atoms with E-state index < -0.39 is 11.8 Å². The van der Waals surface area contributed by atoms with Crippen molar-refractivity contribution < 1.29 is 9.59 Å². The van der Waals surface area contributed by atoms with Gasteiger partial charge in [-0.1, -0.05) is 0 Å². The fourth-order valence-corrected chi connectivity index (χ4v) is 1.03. The second-order valence-corrected chi connectivity index (χ2v) is 3.08. The van der Waals surface area contributed by atoms with Crippen molar-refractivity contribution in [2.24, 2.45) is 5.73 Å². The van der Waals surface area contributed by atoms with Crippen molar-refractivity contribution in [3.05, 3.63) is 30.1 Å². The monoisotopic (exact) mass is 222 g/mol. The molecule has 1 heterocycles. The van der Waals surface area contributed by atoms with Crippen molar-refractivity contribution >= 4 is 11.8 Å². The highest BCUT2D eigenvalue weighted by molar-refractivity contribution is 6.35. The van der Waals surface area contributed by atoms with Crippen LogP contribution >= 0.6 is 0 Å². The van der Waals surface area contributed by atoms with Crippen molar-refractivity contribution in [3.63, 3.8) is 0 Å². The first kappa shape index (κ1) is 12.1. The standard InChI is InChI=1S/C10H14N4O2/c11-3-6-13-9(15)10(16)14-7-8-1-4-12-5-2-8/h1-2,4-5H,3,6-7,11H2,(H,13,15)(H,14,16). The molecule has 0 bridgehead atoms. The molecule has 2 amide bonds. The maximum absolute atomic E-state index is 11.2. The Bertz CT molecular complexity index is 353. The molecule has 0 aliphatic heterocycles. The Labute approximate surface area is 93.2 Å². The molecule has 0 spiro atoms. The van der Waals surface area contributed by atoms with Gasteiger partial charge in [0.05, 0.1) is 0 Å². The average molecular weight is 222 g/mol. The number of hydrogen-bond donors (Lipinski definition) is 3. The lowest BCUT2D eigenvalue weighted by atomic mass is 10.3. The van der Waals surface area contributed by atoms with Gasteiger partial charge in [0.1, 0.15) is 0 Å². The first-order valence-corrected chi connectivity index (χ1v) is 4.89. The third kappa shape index (κ3) is 4.05. The van der Waals surface area contributed by atoms with Gasteiger partial charge in [-0.25, -0.2) is 0 Å². The van der Waals surface area contributed by atoms with Crippen LogP contribution in [0.1, 0.15) is 5.56 Å². The molecule has 0 aromatic carbocycles. The van der Waals surface area contributed by atoms with E-state index >= 15 is 0 Å². The second kappa shape index (κ2) is 6.52. The molecule has 0 atom stereocenters. The van der Waals surface area contributed by atoms with Crippen LogP contribution in [0.2, 0.25) is 0 Å². The van der Waals surface area contributed by atoms with E-state index in [0.29, 0.717) is 19.6 Å². The van der Waals surface area contributed by atoms with Gasteiger partial charge in [-0.3, -0.25) is 14.6 Å². The molecule has 1 aromatic rings. The molecular weight excluding hydrogens is 208 g/mol. The molecule has 0 saturated carbocycles. The Morgan fingerprint density at radius 3 is 2.44 bits per heavy atom. The summed E-state index contributed by atoms with van der Waals surface area (Å²) < 4.78 is 0. The molecule has 86 valence electrons. The van der Waals surface area contributed by atoms with Gasteiger partial charge in [0.15, 0.2) is 0 Å². The number of nitrogens with one attached hydrogen (secondary N) is 2. The number of carbonyl (C=O) groups is 2. The fourth-order valence-electron chi connectivity index (χ4n) is 1.03. The zero-order valence-electron chi connectivity index (χ0n) is 8.77. The first-order chi connectivity index (χ1) is 7.74. The SMILES string of the molecule is NCCNC(=O)C(=O)NCc1ccncc1. The number of hydrogen-bond acceptors (Lipinski definition) is 4. The van der Waals surface area contributed by atoms with Crippen molar-refractivity contribution in [1.29, 1.82) is 0 Å². The van der Waals surface area contributed by atoms with Gasteiger partial charge < -0.3 is 16.4 Å². The van der Waals surface area contributed by atoms with E-state index in [1.807, 2.05) is 0 Å². The van der Waals surface area contributed by atoms with Gasteiger partial charge >= 0.3 is 11.8 Å². The molecule has 16 heavy (non-hydrogen) atoms. The quantitative estimate of drug-likeness (QED) is 0.556. The number of rotatable bonds is 4. The summed E-state index contributed by atoms with van der Waals surface area (Å²) in [6.45, 7) is 0.905. The van der Waals surface area contributed by atoms with Crippen LogP contribution in [0.5, 0.6) is 0 Å². The van der Waals surface area contributed by atoms with E-state index in [1.54, 1.807) is 24.5 Å². The number of amides is 2. The Morgan fingerprint density at radius 1 is 1.19 bits per heavy atom. The molecule has 1 rings (SSSR count). The number of nitrogens with two attached hydrogens (primary N) is 1. The van der Waals surface area contributed by atoms with Gasteiger partial charge in [0.25, 0.3) is 0 Å². The fraction of sp³-hybridized carbons (Fsp3) is 0.300. The van der Waals surface area contributed by atoms with E-state index in [2.05, 4.69) is 15.6 Å². The number of aromatic nitrogens is 1. The lowest BCUT2D eigenvalue weighted by Crippen LogP contribution is -2.41. The second-order valence-electron chi connectivity index (χ2n) is 3.08. The highest BCUT2D eigenvalue weighted by Gasteiger charge is 2.11. The number of nitrogens with zero attached hydrogens (tertiary/aromatic N) is 1. The maximum Gasteiger partial charge on any atom is 0.309 e. The van der Waals surface area contributed by atoms with E-state index in [1.165, 1.54) is 0 Å². The van der Waals surface area contributed by atoms with Crippen LogP contribution < -0.4 is 16.4 Å². The molecule has 0 aliphatic carbocycles. The van der Waals surface area contributed by atoms with Crippen LogP contribution in [0, 0.1) is 0 Å². The third-order valence-electron chi connectivity index (χ3n) is 1.84. The highest BCUT2D eigenvalue weighted by Crippen LogP contribution is 1.94. The van der Waals surface area contributed by atoms with Gasteiger partial charge in [-0.15, -0.1) is 0 Å². The Balaban J connectivity index is 2.32. The van der Waals surface area contributed by atoms with Crippen LogP contribution in [-0.2, 0) is 16.1 Å².